The van der Waals surface area contributed by atoms with E-state index in [0.29, 0.717) is 0 Å². The van der Waals surface area contributed by atoms with Crippen molar-refractivity contribution >= 4 is 35.1 Å². The molecule has 0 saturated carbocycles. The monoisotopic (exact) mass is 199 g/mol. The predicted octanol–water partition coefficient (Wildman–Crippen LogP) is 0.746. The van der Waals surface area contributed by atoms with Gasteiger partial charge < -0.3 is 46.9 Å². The molecule has 0 saturated heterocycles. The van der Waals surface area contributed by atoms with Crippen molar-refractivity contribution in [2.24, 2.45) is 0 Å². The summed E-state index contributed by atoms with van der Waals surface area (Å²) in [6, 6.07) is 0. The molecule has 0 aliphatic carbocycles. The predicted molar refractivity (Wildman–Crippen MR) is 45.7 cm³/mol. The van der Waals surface area contributed by atoms with E-state index in [1.54, 1.807) is 0 Å². The quantitative estimate of drug-likeness (QED) is 0.483. The van der Waals surface area contributed by atoms with Gasteiger partial charge in [-0.2, -0.15) is 0 Å². The smallest absolute Gasteiger partial charge is 1.45 e. The number of nitrogens with zero attached hydrogens (tertiary/aromatic N) is 3. The second-order valence-electron chi connectivity index (χ2n) is 0.848. The molecule has 11 heteroatoms. The molecule has 0 aromatic heterocycles. The Morgan fingerprint density at radius 1 is 0.643 bits per heavy atom. The largest absolute Gasteiger partial charge is 3.00 e. The van der Waals surface area contributed by atoms with Gasteiger partial charge in [0, 0.05) is 18.3 Å². The van der Waals surface area contributed by atoms with Crippen molar-refractivity contribution in [1.29, 1.82) is 0 Å². The summed E-state index contributed by atoms with van der Waals surface area (Å²) >= 11 is 0. The van der Waals surface area contributed by atoms with Gasteiger partial charge in [-0.3, -0.25) is 0 Å². The Bertz CT molecular complexity index is 124. The Morgan fingerprint density at radius 3 is 0.643 bits per heavy atom. The summed E-state index contributed by atoms with van der Waals surface area (Å²) in [6.07, 6.45) is -5.50. The Hall–Kier alpha value is -2.06. The Balaban J connectivity index is -0.0000000270. The van der Waals surface area contributed by atoms with Crippen LogP contribution in [-0.4, -0.2) is 50.4 Å². The van der Waals surface area contributed by atoms with Crippen molar-refractivity contribution in [3.63, 3.8) is 0 Å². The molecular weight excluding hydrogens is 196 g/mol. The number of amides is 3. The molecule has 72 valence electrons. The average molecular weight is 199 g/mol. The molecule has 0 radical (unpaired) electrons. The molecule has 0 aliphatic rings. The molecule has 3 N–H and O–H groups in total. The van der Waals surface area contributed by atoms with Crippen molar-refractivity contribution in [3.05, 3.63) is 17.2 Å². The van der Waals surface area contributed by atoms with Gasteiger partial charge in [0.05, 0.1) is 0 Å². The maximum absolute atomic E-state index is 8.56. The summed E-state index contributed by atoms with van der Waals surface area (Å²) < 4.78 is 0. The van der Waals surface area contributed by atoms with Gasteiger partial charge in [0.25, 0.3) is 0 Å². The van der Waals surface area contributed by atoms with Crippen LogP contribution in [0.1, 0.15) is 0 Å². The van der Waals surface area contributed by atoms with Crippen molar-refractivity contribution in [2.75, 3.05) is 0 Å². The van der Waals surface area contributed by atoms with Crippen LogP contribution in [0.15, 0.2) is 0 Å². The van der Waals surface area contributed by atoms with E-state index in [-0.39, 0.29) is 16.8 Å². The molecular formula is C3H3B2N3O6. The second-order valence-corrected chi connectivity index (χ2v) is 0.848. The van der Waals surface area contributed by atoms with Crippen LogP contribution >= 0.6 is 0 Å². The molecule has 0 aromatic rings. The second kappa shape index (κ2) is 22.4. The standard InChI is InChI=1S/3CHNO2.2B/c3*2-1(3)4;;/h3*(H,3,4);;/q3*-2;2*+3. The summed E-state index contributed by atoms with van der Waals surface area (Å²) in [6.45, 7) is 0. The van der Waals surface area contributed by atoms with Crippen LogP contribution in [0.4, 0.5) is 14.4 Å². The van der Waals surface area contributed by atoms with Crippen molar-refractivity contribution in [3.8, 4) is 0 Å². The van der Waals surface area contributed by atoms with Gasteiger partial charge in [0.1, 0.15) is 0 Å². The van der Waals surface area contributed by atoms with Crippen LogP contribution in [0.5, 0.6) is 0 Å². The Labute approximate surface area is 83.0 Å². The van der Waals surface area contributed by atoms with Crippen LogP contribution in [0.25, 0.3) is 17.2 Å². The van der Waals surface area contributed by atoms with Crippen LogP contribution in [0, 0.1) is 0 Å². The van der Waals surface area contributed by atoms with Crippen molar-refractivity contribution < 1.29 is 29.7 Å². The summed E-state index contributed by atoms with van der Waals surface area (Å²) in [4.78, 5) is 25.7. The van der Waals surface area contributed by atoms with E-state index in [2.05, 4.69) is 0 Å². The van der Waals surface area contributed by atoms with Crippen LogP contribution in [-0.2, 0) is 0 Å². The molecule has 0 aliphatic heterocycles. The van der Waals surface area contributed by atoms with Gasteiger partial charge in [-0.25, -0.2) is 0 Å². The molecule has 0 spiro atoms. The number of carboxylic acid groups (broad SMARTS) is 3. The number of hydrogen-bond acceptors (Lipinski definition) is 3. The molecule has 14 heavy (non-hydrogen) atoms. The zero-order valence-corrected chi connectivity index (χ0v) is 6.56. The first-order chi connectivity index (χ1) is 5.20. The summed E-state index contributed by atoms with van der Waals surface area (Å²) in [5, 5.41) is 20.9. The molecule has 9 nitrogen and oxygen atoms in total. The van der Waals surface area contributed by atoms with Crippen LogP contribution < -0.4 is 0 Å². The van der Waals surface area contributed by atoms with E-state index in [1.807, 2.05) is 0 Å². The molecule has 0 unspecified atom stereocenters. The van der Waals surface area contributed by atoms with Gasteiger partial charge in [0.2, 0.25) is 0 Å². The third-order valence-corrected chi connectivity index (χ3v) is 0. The fourth-order valence-corrected chi connectivity index (χ4v) is 0. The minimum Gasteiger partial charge on any atom is -1.45 e. The van der Waals surface area contributed by atoms with Gasteiger partial charge in [-0.15, -0.1) is 0 Å². The van der Waals surface area contributed by atoms with E-state index in [0.717, 1.165) is 0 Å². The Kier molecular flexibility index (Phi) is 47.6. The fourth-order valence-electron chi connectivity index (χ4n) is 0. The first-order valence-electron chi connectivity index (χ1n) is 1.95. The zero-order valence-electron chi connectivity index (χ0n) is 6.56. The molecule has 0 atom stereocenters. The molecule has 0 fully saturated rings. The molecule has 0 bridgehead atoms. The molecule has 0 aromatic carbocycles. The SMILES string of the molecule is [B+3].[B+3].[N-2]C(=O)O.[N-2]C(=O)O.[N-2]C(=O)O. The third kappa shape index (κ3) is 187. The minimum absolute atomic E-state index is 0. The van der Waals surface area contributed by atoms with Crippen LogP contribution in [0.2, 0.25) is 0 Å². The van der Waals surface area contributed by atoms with Gasteiger partial charge in [-0.1, -0.05) is 0 Å². The van der Waals surface area contributed by atoms with E-state index in [1.165, 1.54) is 0 Å². The summed E-state index contributed by atoms with van der Waals surface area (Å²) in [5.74, 6) is 0. The summed E-state index contributed by atoms with van der Waals surface area (Å²) in [5.41, 5.74) is 20.9. The van der Waals surface area contributed by atoms with Gasteiger partial charge >= 0.3 is 16.8 Å². The maximum atomic E-state index is 8.56. The number of carbonyl (C=O) groups is 3. The normalized spacial score (nSPS) is 5.14. The molecule has 3 amide bonds. The first kappa shape index (κ1) is 29.7. The number of rotatable bonds is 0. The Morgan fingerprint density at radius 2 is 0.643 bits per heavy atom. The zero-order chi connectivity index (χ0) is 10.7. The minimum atomic E-state index is -1.83. The summed E-state index contributed by atoms with van der Waals surface area (Å²) in [7, 11) is 0. The fraction of sp³-hybridized carbons (Fsp3) is 0. The van der Waals surface area contributed by atoms with E-state index < -0.39 is 18.3 Å². The average Bonchev–Trinajstić information content (AvgIpc) is 1.54. The van der Waals surface area contributed by atoms with Crippen molar-refractivity contribution in [2.45, 2.75) is 0 Å². The van der Waals surface area contributed by atoms with E-state index in [9.17, 15) is 0 Å². The molecule has 0 rings (SSSR count). The van der Waals surface area contributed by atoms with Gasteiger partial charge in [-0.05, 0) is 0 Å². The van der Waals surface area contributed by atoms with E-state index in [4.69, 9.17) is 46.9 Å². The molecule has 0 heterocycles. The van der Waals surface area contributed by atoms with Gasteiger partial charge in [0.15, 0.2) is 0 Å². The third-order valence-electron chi connectivity index (χ3n) is 0. The number of hydrogen-bond donors (Lipinski definition) is 3. The van der Waals surface area contributed by atoms with Crippen LogP contribution in [0.3, 0.4) is 0 Å². The van der Waals surface area contributed by atoms with Crippen molar-refractivity contribution in [1.82, 2.24) is 0 Å². The van der Waals surface area contributed by atoms with E-state index >= 15 is 0 Å². The maximum Gasteiger partial charge on any atom is 3.00 e. The first-order valence-corrected chi connectivity index (χ1v) is 1.95. The topological polar surface area (TPSA) is 179 Å².